The van der Waals surface area contributed by atoms with Gasteiger partial charge in [0.05, 0.1) is 6.10 Å². The van der Waals surface area contributed by atoms with Gasteiger partial charge in [-0.1, -0.05) is 18.2 Å². The van der Waals surface area contributed by atoms with Crippen LogP contribution in [0.2, 0.25) is 0 Å². The van der Waals surface area contributed by atoms with E-state index in [9.17, 15) is 19.5 Å². The van der Waals surface area contributed by atoms with Crippen LogP contribution in [0.25, 0.3) is 0 Å². The number of alkyl halides is 2. The molecule has 0 aliphatic carbocycles. The van der Waals surface area contributed by atoms with Gasteiger partial charge in [-0.3, -0.25) is 19.1 Å². The summed E-state index contributed by atoms with van der Waals surface area (Å²) in [5.41, 5.74) is -4.66. The molecule has 1 aliphatic rings. The number of esters is 1. The van der Waals surface area contributed by atoms with Gasteiger partial charge in [-0.25, -0.2) is 18.7 Å². The minimum absolute atomic E-state index is 0.233. The molecule has 1 aliphatic heterocycles. The van der Waals surface area contributed by atoms with Crippen LogP contribution in [0, 0.1) is 0 Å². The van der Waals surface area contributed by atoms with Crippen molar-refractivity contribution in [3.8, 4) is 5.75 Å². The van der Waals surface area contributed by atoms with Gasteiger partial charge in [0, 0.05) is 12.3 Å². The van der Waals surface area contributed by atoms with Crippen molar-refractivity contribution in [3.63, 3.8) is 0 Å². The number of aliphatic hydroxyl groups is 1. The summed E-state index contributed by atoms with van der Waals surface area (Å²) in [4.78, 5) is 37.8. The SMILES string of the molecule is CC(C)OC(=O)[C@H](C)NP(=S)(OC[C@@]1(F)O[C@@H](n2ccc(=O)[nH]c2=O)[C@](C)(F)[C@@H]1O)Oc1ccccc1. The van der Waals surface area contributed by atoms with Gasteiger partial charge in [-0.15, -0.1) is 0 Å². The quantitative estimate of drug-likeness (QED) is 0.291. The molecule has 2 heterocycles. The summed E-state index contributed by atoms with van der Waals surface area (Å²) in [5.74, 6) is -3.64. The van der Waals surface area contributed by atoms with E-state index in [4.69, 9.17) is 30.3 Å². The molecule has 3 rings (SSSR count). The highest BCUT2D eigenvalue weighted by Crippen LogP contribution is 2.51. The van der Waals surface area contributed by atoms with Crippen molar-refractivity contribution in [2.24, 2.45) is 0 Å². The fourth-order valence-electron chi connectivity index (χ4n) is 3.48. The third-order valence-corrected chi connectivity index (χ3v) is 7.77. The van der Waals surface area contributed by atoms with Gasteiger partial charge >= 0.3 is 18.3 Å². The highest BCUT2D eigenvalue weighted by molar-refractivity contribution is 8.09. The van der Waals surface area contributed by atoms with E-state index in [1.807, 2.05) is 4.98 Å². The molecule has 0 bridgehead atoms. The van der Waals surface area contributed by atoms with Crippen LogP contribution < -0.4 is 20.9 Å². The Morgan fingerprint density at radius 3 is 2.51 bits per heavy atom. The Kier molecular flexibility index (Phi) is 8.72. The van der Waals surface area contributed by atoms with Crippen molar-refractivity contribution in [2.45, 2.75) is 63.7 Å². The maximum absolute atomic E-state index is 15.9. The van der Waals surface area contributed by atoms with Crippen LogP contribution in [0.3, 0.4) is 0 Å². The topological polar surface area (TPSA) is 141 Å². The number of hydrogen-bond donors (Lipinski definition) is 3. The summed E-state index contributed by atoms with van der Waals surface area (Å²) in [6.45, 7) is 0.693. The fourth-order valence-corrected chi connectivity index (χ4v) is 5.88. The first-order chi connectivity index (χ1) is 17.2. The zero-order valence-corrected chi connectivity index (χ0v) is 22.1. The van der Waals surface area contributed by atoms with Gasteiger partial charge in [0.15, 0.2) is 18.0 Å². The zero-order valence-electron chi connectivity index (χ0n) is 20.4. The maximum atomic E-state index is 15.9. The number of nitrogens with zero attached hydrogens (tertiary/aromatic N) is 1. The number of nitrogens with one attached hydrogen (secondary N) is 2. The van der Waals surface area contributed by atoms with E-state index >= 15 is 8.78 Å². The number of aromatic nitrogens is 2. The molecule has 3 N–H and O–H groups in total. The summed E-state index contributed by atoms with van der Waals surface area (Å²) in [6, 6.07) is 7.98. The van der Waals surface area contributed by atoms with Crippen LogP contribution in [0.1, 0.15) is 33.9 Å². The number of carbonyl (C=O) groups excluding carboxylic acids is 1. The zero-order chi connectivity index (χ0) is 27.6. The highest BCUT2D eigenvalue weighted by atomic mass is 32.5. The molecule has 1 aromatic carbocycles. The van der Waals surface area contributed by atoms with E-state index < -0.39 is 66.5 Å². The Balaban J connectivity index is 1.86. The van der Waals surface area contributed by atoms with Crippen molar-refractivity contribution < 1.29 is 37.2 Å². The number of hydrogen-bond acceptors (Lipinski definition) is 9. The summed E-state index contributed by atoms with van der Waals surface area (Å²) in [7, 11) is 0. The number of ether oxygens (including phenoxy) is 2. The lowest BCUT2D eigenvalue weighted by atomic mass is 9.97. The molecule has 2 aromatic rings. The van der Waals surface area contributed by atoms with Crippen LogP contribution in [0.5, 0.6) is 5.75 Å². The number of H-pyrrole nitrogens is 1. The Morgan fingerprint density at radius 2 is 1.92 bits per heavy atom. The van der Waals surface area contributed by atoms with Gasteiger partial charge in [0.1, 0.15) is 18.4 Å². The number of aliphatic hydroxyl groups excluding tert-OH is 1. The molecule has 0 saturated carbocycles. The van der Waals surface area contributed by atoms with Crippen LogP contribution in [-0.2, 0) is 30.6 Å². The first-order valence-corrected chi connectivity index (χ1v) is 13.8. The fraction of sp³-hybridized carbons (Fsp3) is 0.500. The molecule has 11 nitrogen and oxygen atoms in total. The average molecular weight is 564 g/mol. The second-order valence-corrected chi connectivity index (χ2v) is 12.0. The van der Waals surface area contributed by atoms with Gasteiger partial charge in [-0.2, -0.15) is 0 Å². The van der Waals surface area contributed by atoms with Crippen molar-refractivity contribution in [2.75, 3.05) is 6.61 Å². The lowest BCUT2D eigenvalue weighted by Crippen LogP contribution is -2.47. The second kappa shape index (κ2) is 11.1. The molecular weight excluding hydrogens is 535 g/mol. The number of rotatable bonds is 10. The normalized spacial score (nSPS) is 28.0. The Hall–Kier alpha value is -2.48. The van der Waals surface area contributed by atoms with Crippen LogP contribution >= 0.6 is 6.64 Å². The van der Waals surface area contributed by atoms with Crippen LogP contribution in [0.15, 0.2) is 52.2 Å². The molecule has 0 radical (unpaired) electrons. The lowest BCUT2D eigenvalue weighted by molar-refractivity contribution is -0.203. The van der Waals surface area contributed by atoms with Gasteiger partial charge < -0.3 is 23.6 Å². The summed E-state index contributed by atoms with van der Waals surface area (Å²) < 4.78 is 53.6. The molecule has 204 valence electrons. The van der Waals surface area contributed by atoms with E-state index in [0.717, 1.165) is 19.2 Å². The van der Waals surface area contributed by atoms with Crippen molar-refractivity contribution in [1.82, 2.24) is 14.6 Å². The van der Waals surface area contributed by atoms with E-state index in [1.165, 1.54) is 6.92 Å². The number of para-hydroxylation sites is 1. The van der Waals surface area contributed by atoms with E-state index in [-0.39, 0.29) is 5.75 Å². The second-order valence-electron chi connectivity index (χ2n) is 8.84. The predicted molar refractivity (Wildman–Crippen MR) is 132 cm³/mol. The first kappa shape index (κ1) is 29.1. The minimum atomic E-state index is -3.75. The predicted octanol–water partition coefficient (Wildman–Crippen LogP) is 2.07. The molecule has 0 amide bonds. The van der Waals surface area contributed by atoms with Crippen molar-refractivity contribution in [1.29, 1.82) is 0 Å². The summed E-state index contributed by atoms with van der Waals surface area (Å²) in [6.07, 6.45) is -3.90. The lowest BCUT2D eigenvalue weighted by Gasteiger charge is -2.30. The Labute approximate surface area is 215 Å². The molecular formula is C22H28F2N3O8PS. The van der Waals surface area contributed by atoms with Gasteiger partial charge in [0.25, 0.3) is 11.4 Å². The molecule has 37 heavy (non-hydrogen) atoms. The van der Waals surface area contributed by atoms with Crippen molar-refractivity contribution >= 4 is 24.4 Å². The summed E-state index contributed by atoms with van der Waals surface area (Å²) >= 11 is 5.49. The number of carbonyl (C=O) groups is 1. The number of halogens is 2. The van der Waals surface area contributed by atoms with Crippen LogP contribution in [-0.4, -0.2) is 57.0 Å². The van der Waals surface area contributed by atoms with E-state index in [1.54, 1.807) is 44.2 Å². The van der Waals surface area contributed by atoms with Crippen LogP contribution in [0.4, 0.5) is 8.78 Å². The average Bonchev–Trinajstić information content (AvgIpc) is 2.98. The van der Waals surface area contributed by atoms with Crippen molar-refractivity contribution in [3.05, 3.63) is 63.4 Å². The van der Waals surface area contributed by atoms with E-state index in [0.29, 0.717) is 4.57 Å². The first-order valence-electron chi connectivity index (χ1n) is 11.2. The molecule has 0 spiro atoms. The minimum Gasteiger partial charge on any atom is -0.462 e. The molecule has 1 aromatic heterocycles. The number of benzene rings is 1. The molecule has 6 atom stereocenters. The maximum Gasteiger partial charge on any atom is 0.330 e. The third-order valence-electron chi connectivity index (χ3n) is 5.29. The highest BCUT2D eigenvalue weighted by Gasteiger charge is 2.65. The monoisotopic (exact) mass is 563 g/mol. The van der Waals surface area contributed by atoms with Gasteiger partial charge in [0.2, 0.25) is 0 Å². The summed E-state index contributed by atoms with van der Waals surface area (Å²) in [5, 5.41) is 13.2. The third kappa shape index (κ3) is 6.70. The van der Waals surface area contributed by atoms with Gasteiger partial charge in [-0.05, 0) is 51.6 Å². The Bertz CT molecular complexity index is 1270. The van der Waals surface area contributed by atoms with E-state index in [2.05, 4.69) is 5.09 Å². The largest absolute Gasteiger partial charge is 0.462 e. The molecule has 15 heteroatoms. The molecule has 1 saturated heterocycles. The smallest absolute Gasteiger partial charge is 0.330 e. The standard InChI is InChI=1S/C22H28F2N3O8PS/c1-13(2)33-17(29)14(3)26-36(37,35-15-8-6-5-7-9-15)32-12-22(24)18(30)21(4,23)19(34-22)27-11-10-16(28)25-20(27)31/h5-11,13-14,18-19,30H,12H2,1-4H3,(H,26,37)(H,25,28,31)/t14-,18-,19+,21+,22+,36?/m0/s1. The number of aromatic amines is 1. The molecule has 1 unspecified atom stereocenters. The Morgan fingerprint density at radius 1 is 1.27 bits per heavy atom. The molecule has 1 fully saturated rings.